The van der Waals surface area contributed by atoms with E-state index in [1.165, 1.54) is 24.0 Å². The van der Waals surface area contributed by atoms with Gasteiger partial charge in [0.1, 0.15) is 17.1 Å². The van der Waals surface area contributed by atoms with Crippen LogP contribution in [-0.4, -0.2) is 11.3 Å². The Morgan fingerprint density at radius 2 is 1.83 bits per heavy atom. The Morgan fingerprint density at radius 1 is 1.04 bits per heavy atom. The fourth-order valence-electron chi connectivity index (χ4n) is 3.27. The summed E-state index contributed by atoms with van der Waals surface area (Å²) in [7, 11) is 0. The predicted molar refractivity (Wildman–Crippen MR) is 93.0 cm³/mol. The molecule has 0 saturated carbocycles. The second-order valence-corrected chi connectivity index (χ2v) is 6.18. The van der Waals surface area contributed by atoms with Gasteiger partial charge in [0.05, 0.1) is 5.69 Å². The van der Waals surface area contributed by atoms with Crippen molar-refractivity contribution in [2.24, 2.45) is 4.99 Å². The summed E-state index contributed by atoms with van der Waals surface area (Å²) in [5.74, 6) is 1.32. The van der Waals surface area contributed by atoms with Gasteiger partial charge in [-0.15, -0.1) is 0 Å². The van der Waals surface area contributed by atoms with Crippen LogP contribution in [0.3, 0.4) is 0 Å². The highest BCUT2D eigenvalue weighted by molar-refractivity contribution is 6.03. The number of phenols is 1. The average molecular weight is 305 g/mol. The van der Waals surface area contributed by atoms with E-state index in [1.807, 2.05) is 30.3 Å². The van der Waals surface area contributed by atoms with Crippen molar-refractivity contribution in [3.05, 3.63) is 58.8 Å². The van der Waals surface area contributed by atoms with Crippen molar-refractivity contribution in [2.45, 2.75) is 32.6 Å². The number of aromatic hydroxyl groups is 1. The summed E-state index contributed by atoms with van der Waals surface area (Å²) in [5.41, 5.74) is 4.93. The van der Waals surface area contributed by atoms with Crippen LogP contribution in [0.15, 0.2) is 45.8 Å². The molecule has 0 unspecified atom stereocenters. The third-order valence-corrected chi connectivity index (χ3v) is 4.51. The lowest BCUT2D eigenvalue weighted by Gasteiger charge is -2.09. The molecule has 0 saturated heterocycles. The van der Waals surface area contributed by atoms with Crippen LogP contribution in [0.2, 0.25) is 0 Å². The molecule has 0 bridgehead atoms. The second-order valence-electron chi connectivity index (χ2n) is 6.18. The van der Waals surface area contributed by atoms with Crippen LogP contribution in [0.1, 0.15) is 35.3 Å². The van der Waals surface area contributed by atoms with Crippen LogP contribution in [0.4, 0.5) is 5.69 Å². The average Bonchev–Trinajstić information content (AvgIpc) is 2.94. The van der Waals surface area contributed by atoms with Gasteiger partial charge >= 0.3 is 0 Å². The Bertz CT molecular complexity index is 888. The lowest BCUT2D eigenvalue weighted by atomic mass is 9.94. The van der Waals surface area contributed by atoms with Crippen molar-refractivity contribution in [1.82, 2.24) is 0 Å². The third-order valence-electron chi connectivity index (χ3n) is 4.51. The van der Waals surface area contributed by atoms with Crippen molar-refractivity contribution < 1.29 is 9.52 Å². The van der Waals surface area contributed by atoms with Gasteiger partial charge in [0.2, 0.25) is 0 Å². The van der Waals surface area contributed by atoms with Gasteiger partial charge in [0, 0.05) is 29.1 Å². The summed E-state index contributed by atoms with van der Waals surface area (Å²) >= 11 is 0. The van der Waals surface area contributed by atoms with Crippen molar-refractivity contribution >= 4 is 22.9 Å². The standard InChI is InChI=1S/C20H19NO2/c1-13-6-8-14(9-7-13)21-12-16-17(22)10-11-19-20(16)15-4-2-3-5-18(15)23-19/h6-12,22H,2-5H2,1H3. The molecule has 0 atom stereocenters. The van der Waals surface area contributed by atoms with E-state index in [0.29, 0.717) is 0 Å². The van der Waals surface area contributed by atoms with Gasteiger partial charge in [-0.1, -0.05) is 17.7 Å². The van der Waals surface area contributed by atoms with E-state index in [9.17, 15) is 5.11 Å². The minimum absolute atomic E-state index is 0.252. The number of hydrogen-bond donors (Lipinski definition) is 1. The molecule has 1 aromatic heterocycles. The highest BCUT2D eigenvalue weighted by atomic mass is 16.3. The Morgan fingerprint density at radius 3 is 2.65 bits per heavy atom. The maximum atomic E-state index is 10.3. The molecule has 1 aliphatic carbocycles. The van der Waals surface area contributed by atoms with E-state index in [0.717, 1.165) is 40.8 Å². The van der Waals surface area contributed by atoms with Crippen LogP contribution in [0.5, 0.6) is 5.75 Å². The molecular weight excluding hydrogens is 286 g/mol. The summed E-state index contributed by atoms with van der Waals surface area (Å²) in [6.45, 7) is 2.05. The number of phenolic OH excluding ortho intramolecular Hbond substituents is 1. The highest BCUT2D eigenvalue weighted by Crippen LogP contribution is 2.36. The molecular formula is C20H19NO2. The van der Waals surface area contributed by atoms with Crippen molar-refractivity contribution in [1.29, 1.82) is 0 Å². The van der Waals surface area contributed by atoms with Gasteiger partial charge in [-0.05, 0) is 50.5 Å². The van der Waals surface area contributed by atoms with E-state index in [4.69, 9.17) is 4.42 Å². The molecule has 0 radical (unpaired) electrons. The maximum Gasteiger partial charge on any atom is 0.135 e. The van der Waals surface area contributed by atoms with Gasteiger partial charge in [-0.25, -0.2) is 0 Å². The molecule has 3 nitrogen and oxygen atoms in total. The monoisotopic (exact) mass is 305 g/mol. The van der Waals surface area contributed by atoms with Crippen LogP contribution < -0.4 is 0 Å². The molecule has 0 spiro atoms. The summed E-state index contributed by atoms with van der Waals surface area (Å²) in [5, 5.41) is 11.3. The lowest BCUT2D eigenvalue weighted by Crippen LogP contribution is -1.99. The van der Waals surface area contributed by atoms with Crippen LogP contribution >= 0.6 is 0 Å². The maximum absolute atomic E-state index is 10.3. The molecule has 0 fully saturated rings. The van der Waals surface area contributed by atoms with Gasteiger partial charge in [-0.2, -0.15) is 0 Å². The number of furan rings is 1. The number of hydrogen-bond acceptors (Lipinski definition) is 3. The fourth-order valence-corrected chi connectivity index (χ4v) is 3.27. The predicted octanol–water partition coefficient (Wildman–Crippen LogP) is 5.08. The second kappa shape index (κ2) is 5.58. The summed E-state index contributed by atoms with van der Waals surface area (Å²) in [6.07, 6.45) is 6.10. The van der Waals surface area contributed by atoms with Gasteiger partial charge in [-0.3, -0.25) is 4.99 Å². The number of nitrogens with zero attached hydrogens (tertiary/aromatic N) is 1. The first-order valence-corrected chi connectivity index (χ1v) is 8.09. The van der Waals surface area contributed by atoms with Crippen molar-refractivity contribution in [2.75, 3.05) is 0 Å². The van der Waals surface area contributed by atoms with Crippen LogP contribution in [0, 0.1) is 6.92 Å². The van der Waals surface area contributed by atoms with Crippen molar-refractivity contribution in [3.8, 4) is 5.75 Å². The molecule has 4 rings (SSSR count). The molecule has 1 N–H and O–H groups in total. The molecule has 1 heterocycles. The first-order valence-electron chi connectivity index (χ1n) is 8.09. The lowest BCUT2D eigenvalue weighted by molar-refractivity contribution is 0.474. The number of aryl methyl sites for hydroxylation is 3. The first kappa shape index (κ1) is 14.1. The van der Waals surface area contributed by atoms with Gasteiger partial charge < -0.3 is 9.52 Å². The van der Waals surface area contributed by atoms with Crippen molar-refractivity contribution in [3.63, 3.8) is 0 Å². The van der Waals surface area contributed by atoms with E-state index in [1.54, 1.807) is 12.3 Å². The normalized spacial score (nSPS) is 14.5. The molecule has 1 aliphatic rings. The zero-order valence-electron chi connectivity index (χ0n) is 13.2. The summed E-state index contributed by atoms with van der Waals surface area (Å²) in [4.78, 5) is 4.53. The zero-order valence-corrected chi connectivity index (χ0v) is 13.2. The fraction of sp³-hybridized carbons (Fsp3) is 0.250. The van der Waals surface area contributed by atoms with Crippen LogP contribution in [-0.2, 0) is 12.8 Å². The van der Waals surface area contributed by atoms with Gasteiger partial charge in [0.15, 0.2) is 0 Å². The third kappa shape index (κ3) is 2.52. The molecule has 3 heteroatoms. The quantitative estimate of drug-likeness (QED) is 0.671. The smallest absolute Gasteiger partial charge is 0.135 e. The highest BCUT2D eigenvalue weighted by Gasteiger charge is 2.21. The van der Waals surface area contributed by atoms with E-state index in [-0.39, 0.29) is 5.75 Å². The number of aliphatic imine (C=N–C) groups is 1. The Kier molecular flexibility index (Phi) is 3.41. The Labute approximate surface area is 135 Å². The molecule has 0 amide bonds. The minimum Gasteiger partial charge on any atom is -0.507 e. The Balaban J connectivity index is 1.83. The molecule has 116 valence electrons. The molecule has 3 aromatic rings. The minimum atomic E-state index is 0.252. The topological polar surface area (TPSA) is 45.7 Å². The number of fused-ring (bicyclic) bond motifs is 3. The summed E-state index contributed by atoms with van der Waals surface area (Å²) < 4.78 is 5.98. The number of benzene rings is 2. The SMILES string of the molecule is Cc1ccc(N=Cc2c(O)ccc3oc4c(c23)CCCC4)cc1. The molecule has 23 heavy (non-hydrogen) atoms. The van der Waals surface area contributed by atoms with Gasteiger partial charge in [0.25, 0.3) is 0 Å². The zero-order chi connectivity index (χ0) is 15.8. The van der Waals surface area contributed by atoms with E-state index >= 15 is 0 Å². The Hall–Kier alpha value is -2.55. The molecule has 2 aromatic carbocycles. The largest absolute Gasteiger partial charge is 0.507 e. The van der Waals surface area contributed by atoms with E-state index < -0.39 is 0 Å². The van der Waals surface area contributed by atoms with Crippen LogP contribution in [0.25, 0.3) is 11.0 Å². The van der Waals surface area contributed by atoms with E-state index in [2.05, 4.69) is 11.9 Å². The first-order chi connectivity index (χ1) is 11.2. The summed E-state index contributed by atoms with van der Waals surface area (Å²) in [6, 6.07) is 11.6. The number of rotatable bonds is 2. The molecule has 0 aliphatic heterocycles.